The van der Waals surface area contributed by atoms with Crippen molar-refractivity contribution < 1.29 is 9.59 Å². The van der Waals surface area contributed by atoms with E-state index in [9.17, 15) is 9.59 Å². The van der Waals surface area contributed by atoms with Crippen LogP contribution >= 0.6 is 0 Å². The minimum absolute atomic E-state index is 0.00893. The van der Waals surface area contributed by atoms with Crippen LogP contribution in [0.2, 0.25) is 0 Å². The highest BCUT2D eigenvalue weighted by Crippen LogP contribution is 2.12. The molecule has 1 aliphatic rings. The number of amides is 2. The van der Waals surface area contributed by atoms with Crippen molar-refractivity contribution in [1.82, 2.24) is 10.2 Å². The maximum absolute atomic E-state index is 12.6. The molecule has 0 bridgehead atoms. The summed E-state index contributed by atoms with van der Waals surface area (Å²) in [6.07, 6.45) is 2.56. The van der Waals surface area contributed by atoms with Crippen LogP contribution in [0.4, 0.5) is 0 Å². The second-order valence-electron chi connectivity index (χ2n) is 5.57. The standard InChI is InChI=1S/C16H23N3O2/c1-12(17)15(20)18-14(11-13-7-3-2-4-8-13)16(21)19-9-5-6-10-19/h2-4,7-8,12,14H,5-6,9-11,17H2,1H3,(H,18,20)/t12-,14?/m1/s1. The lowest BCUT2D eigenvalue weighted by molar-refractivity contribution is -0.135. The summed E-state index contributed by atoms with van der Waals surface area (Å²) in [4.78, 5) is 26.3. The topological polar surface area (TPSA) is 75.4 Å². The van der Waals surface area contributed by atoms with Crippen molar-refractivity contribution in [2.24, 2.45) is 5.73 Å². The van der Waals surface area contributed by atoms with Gasteiger partial charge in [-0.3, -0.25) is 9.59 Å². The van der Waals surface area contributed by atoms with E-state index < -0.39 is 12.1 Å². The van der Waals surface area contributed by atoms with E-state index in [0.29, 0.717) is 6.42 Å². The number of hydrogen-bond acceptors (Lipinski definition) is 3. The number of rotatable bonds is 5. The smallest absolute Gasteiger partial charge is 0.245 e. The highest BCUT2D eigenvalue weighted by atomic mass is 16.2. The molecule has 2 rings (SSSR count). The Morgan fingerprint density at radius 1 is 1.24 bits per heavy atom. The third kappa shape index (κ3) is 4.29. The molecule has 0 aliphatic carbocycles. The predicted octanol–water partition coefficient (Wildman–Crippen LogP) is 0.684. The van der Waals surface area contributed by atoms with Crippen LogP contribution in [0.5, 0.6) is 0 Å². The largest absolute Gasteiger partial charge is 0.343 e. The Morgan fingerprint density at radius 3 is 2.43 bits per heavy atom. The predicted molar refractivity (Wildman–Crippen MR) is 81.5 cm³/mol. The molecule has 0 spiro atoms. The summed E-state index contributed by atoms with van der Waals surface area (Å²) < 4.78 is 0. The fraction of sp³-hybridized carbons (Fsp3) is 0.500. The molecule has 1 fully saturated rings. The Bertz CT molecular complexity index is 482. The molecule has 21 heavy (non-hydrogen) atoms. The van der Waals surface area contributed by atoms with Crippen LogP contribution in [-0.2, 0) is 16.0 Å². The molecule has 0 radical (unpaired) electrons. The summed E-state index contributed by atoms with van der Waals surface area (Å²) in [6.45, 7) is 3.17. The van der Waals surface area contributed by atoms with E-state index in [0.717, 1.165) is 31.5 Å². The van der Waals surface area contributed by atoms with Crippen LogP contribution in [0.3, 0.4) is 0 Å². The lowest BCUT2D eigenvalue weighted by atomic mass is 10.0. The molecule has 0 aromatic heterocycles. The molecule has 1 aliphatic heterocycles. The summed E-state index contributed by atoms with van der Waals surface area (Å²) in [5.74, 6) is -0.297. The molecule has 1 aromatic carbocycles. The molecule has 114 valence electrons. The van der Waals surface area contributed by atoms with Gasteiger partial charge in [-0.2, -0.15) is 0 Å². The van der Waals surface area contributed by atoms with E-state index in [2.05, 4.69) is 5.32 Å². The van der Waals surface area contributed by atoms with Crippen LogP contribution < -0.4 is 11.1 Å². The maximum Gasteiger partial charge on any atom is 0.245 e. The highest BCUT2D eigenvalue weighted by molar-refractivity contribution is 5.89. The second-order valence-corrected chi connectivity index (χ2v) is 5.57. The maximum atomic E-state index is 12.6. The number of carbonyl (C=O) groups is 2. The van der Waals surface area contributed by atoms with E-state index in [1.54, 1.807) is 6.92 Å². The normalized spacial score (nSPS) is 17.3. The Hall–Kier alpha value is -1.88. The number of nitrogens with zero attached hydrogens (tertiary/aromatic N) is 1. The SMILES string of the molecule is C[C@@H](N)C(=O)NC(Cc1ccccc1)C(=O)N1CCCC1. The molecule has 1 saturated heterocycles. The molecule has 1 aromatic rings. The van der Waals surface area contributed by atoms with E-state index in [1.807, 2.05) is 35.2 Å². The number of nitrogens with one attached hydrogen (secondary N) is 1. The van der Waals surface area contributed by atoms with E-state index >= 15 is 0 Å². The van der Waals surface area contributed by atoms with Gasteiger partial charge in [-0.15, -0.1) is 0 Å². The molecular weight excluding hydrogens is 266 g/mol. The zero-order chi connectivity index (χ0) is 15.2. The average molecular weight is 289 g/mol. The van der Waals surface area contributed by atoms with Crippen molar-refractivity contribution in [2.45, 2.75) is 38.3 Å². The quantitative estimate of drug-likeness (QED) is 0.837. The van der Waals surface area contributed by atoms with Gasteiger partial charge in [-0.1, -0.05) is 30.3 Å². The first-order valence-electron chi connectivity index (χ1n) is 7.46. The summed E-state index contributed by atoms with van der Waals surface area (Å²) in [5, 5.41) is 2.79. The van der Waals surface area contributed by atoms with Crippen LogP contribution in [-0.4, -0.2) is 41.9 Å². The third-order valence-corrected chi connectivity index (χ3v) is 3.73. The molecule has 2 atom stereocenters. The van der Waals surface area contributed by atoms with Crippen LogP contribution in [0, 0.1) is 0 Å². The van der Waals surface area contributed by atoms with Crippen molar-refractivity contribution in [3.8, 4) is 0 Å². The van der Waals surface area contributed by atoms with Gasteiger partial charge in [0.05, 0.1) is 6.04 Å². The summed E-state index contributed by atoms with van der Waals surface area (Å²) in [7, 11) is 0. The van der Waals surface area contributed by atoms with Crippen LogP contribution in [0.15, 0.2) is 30.3 Å². The molecule has 3 N–H and O–H groups in total. The van der Waals surface area contributed by atoms with Crippen molar-refractivity contribution in [3.05, 3.63) is 35.9 Å². The van der Waals surface area contributed by atoms with Crippen molar-refractivity contribution in [3.63, 3.8) is 0 Å². The average Bonchev–Trinajstić information content (AvgIpc) is 3.01. The first-order valence-corrected chi connectivity index (χ1v) is 7.46. The molecule has 0 saturated carbocycles. The van der Waals surface area contributed by atoms with Gasteiger partial charge in [-0.05, 0) is 25.3 Å². The first-order chi connectivity index (χ1) is 10.1. The summed E-state index contributed by atoms with van der Waals surface area (Å²) in [6, 6.07) is 8.56. The number of benzene rings is 1. The molecule has 2 amide bonds. The van der Waals surface area contributed by atoms with Crippen molar-refractivity contribution >= 4 is 11.8 Å². The Labute approximate surface area is 125 Å². The van der Waals surface area contributed by atoms with Gasteiger partial charge in [0, 0.05) is 19.5 Å². The van der Waals surface area contributed by atoms with Gasteiger partial charge in [0.25, 0.3) is 0 Å². The lowest BCUT2D eigenvalue weighted by Crippen LogP contribution is -2.52. The molecular formula is C16H23N3O2. The minimum Gasteiger partial charge on any atom is -0.343 e. The van der Waals surface area contributed by atoms with Gasteiger partial charge in [-0.25, -0.2) is 0 Å². The summed E-state index contributed by atoms with van der Waals surface area (Å²) >= 11 is 0. The Morgan fingerprint density at radius 2 is 1.86 bits per heavy atom. The molecule has 5 heteroatoms. The minimum atomic E-state index is -0.616. The summed E-state index contributed by atoms with van der Waals surface area (Å²) in [5.41, 5.74) is 6.62. The number of likely N-dealkylation sites (tertiary alicyclic amines) is 1. The fourth-order valence-corrected chi connectivity index (χ4v) is 2.51. The second kappa shape index (κ2) is 7.22. The molecule has 1 heterocycles. The number of nitrogens with two attached hydrogens (primary N) is 1. The third-order valence-electron chi connectivity index (χ3n) is 3.73. The fourth-order valence-electron chi connectivity index (χ4n) is 2.51. The van der Waals surface area contributed by atoms with Crippen molar-refractivity contribution in [2.75, 3.05) is 13.1 Å². The zero-order valence-corrected chi connectivity index (χ0v) is 12.4. The first kappa shape index (κ1) is 15.5. The van der Waals surface area contributed by atoms with Gasteiger partial charge in [0.15, 0.2) is 0 Å². The monoisotopic (exact) mass is 289 g/mol. The van der Waals surface area contributed by atoms with E-state index in [4.69, 9.17) is 5.73 Å². The van der Waals surface area contributed by atoms with Gasteiger partial charge in [0.1, 0.15) is 6.04 Å². The van der Waals surface area contributed by atoms with Crippen LogP contribution in [0.1, 0.15) is 25.3 Å². The Balaban J connectivity index is 2.09. The highest BCUT2D eigenvalue weighted by Gasteiger charge is 2.28. The molecule has 5 nitrogen and oxygen atoms in total. The lowest BCUT2D eigenvalue weighted by Gasteiger charge is -2.25. The van der Waals surface area contributed by atoms with Crippen molar-refractivity contribution in [1.29, 1.82) is 0 Å². The van der Waals surface area contributed by atoms with Crippen LogP contribution in [0.25, 0.3) is 0 Å². The number of carbonyl (C=O) groups excluding carboxylic acids is 2. The Kier molecular flexibility index (Phi) is 5.33. The van der Waals surface area contributed by atoms with E-state index in [-0.39, 0.29) is 11.8 Å². The molecule has 1 unspecified atom stereocenters. The van der Waals surface area contributed by atoms with Gasteiger partial charge >= 0.3 is 0 Å². The van der Waals surface area contributed by atoms with E-state index in [1.165, 1.54) is 0 Å². The van der Waals surface area contributed by atoms with Gasteiger partial charge in [0.2, 0.25) is 11.8 Å². The number of hydrogen-bond donors (Lipinski definition) is 2. The van der Waals surface area contributed by atoms with Gasteiger partial charge < -0.3 is 16.0 Å². The zero-order valence-electron chi connectivity index (χ0n) is 12.4.